The van der Waals surface area contributed by atoms with Crippen LogP contribution < -0.4 is 5.32 Å². The fourth-order valence-corrected chi connectivity index (χ4v) is 1.89. The lowest BCUT2D eigenvalue weighted by Crippen LogP contribution is -2.35. The molecule has 1 N–H and O–H groups in total. The van der Waals surface area contributed by atoms with Crippen LogP contribution in [0.3, 0.4) is 0 Å². The molecule has 5 heteroatoms. The molecule has 0 atom stereocenters. The zero-order valence-corrected chi connectivity index (χ0v) is 11.9. The van der Waals surface area contributed by atoms with Crippen molar-refractivity contribution in [2.75, 3.05) is 0 Å². The SMILES string of the molecule is CC(C)(C)NCc1ncoc1-c1ccc(F)cc1Cl. The summed E-state index contributed by atoms with van der Waals surface area (Å²) in [4.78, 5) is 4.18. The summed E-state index contributed by atoms with van der Waals surface area (Å²) in [6.45, 7) is 6.76. The molecule has 2 aromatic rings. The van der Waals surface area contributed by atoms with Gasteiger partial charge in [0, 0.05) is 17.6 Å². The zero-order chi connectivity index (χ0) is 14.0. The van der Waals surface area contributed by atoms with Gasteiger partial charge in [-0.15, -0.1) is 0 Å². The monoisotopic (exact) mass is 282 g/mol. The second kappa shape index (κ2) is 5.31. The van der Waals surface area contributed by atoms with Crippen LogP contribution in [0.15, 0.2) is 29.0 Å². The molecule has 19 heavy (non-hydrogen) atoms. The van der Waals surface area contributed by atoms with Crippen LogP contribution in [-0.4, -0.2) is 10.5 Å². The van der Waals surface area contributed by atoms with Gasteiger partial charge in [-0.2, -0.15) is 0 Å². The summed E-state index contributed by atoms with van der Waals surface area (Å²) < 4.78 is 18.4. The van der Waals surface area contributed by atoms with Crippen LogP contribution in [0, 0.1) is 5.82 Å². The van der Waals surface area contributed by atoms with Gasteiger partial charge in [0.15, 0.2) is 12.2 Å². The summed E-state index contributed by atoms with van der Waals surface area (Å²) in [6.07, 6.45) is 1.37. The predicted molar refractivity (Wildman–Crippen MR) is 73.5 cm³/mol. The molecule has 0 radical (unpaired) electrons. The van der Waals surface area contributed by atoms with Gasteiger partial charge in [0.25, 0.3) is 0 Å². The molecule has 0 bridgehead atoms. The lowest BCUT2D eigenvalue weighted by molar-refractivity contribution is 0.421. The van der Waals surface area contributed by atoms with Crippen molar-refractivity contribution in [2.45, 2.75) is 32.9 Å². The van der Waals surface area contributed by atoms with Gasteiger partial charge in [-0.3, -0.25) is 0 Å². The number of oxazole rings is 1. The number of nitrogens with zero attached hydrogens (tertiary/aromatic N) is 1. The first-order valence-electron chi connectivity index (χ1n) is 5.99. The molecular weight excluding hydrogens is 267 g/mol. The molecule has 2 rings (SSSR count). The lowest BCUT2D eigenvalue weighted by atomic mass is 10.1. The number of nitrogens with one attached hydrogen (secondary N) is 1. The van der Waals surface area contributed by atoms with Gasteiger partial charge in [0.1, 0.15) is 11.5 Å². The third-order valence-electron chi connectivity index (χ3n) is 2.60. The Morgan fingerprint density at radius 2 is 2.11 bits per heavy atom. The van der Waals surface area contributed by atoms with E-state index in [-0.39, 0.29) is 11.4 Å². The highest BCUT2D eigenvalue weighted by molar-refractivity contribution is 6.33. The van der Waals surface area contributed by atoms with Crippen LogP contribution in [0.5, 0.6) is 0 Å². The number of rotatable bonds is 3. The molecule has 0 aliphatic rings. The molecule has 1 aromatic heterocycles. The Kier molecular flexibility index (Phi) is 3.92. The second-order valence-corrected chi connectivity index (χ2v) is 5.76. The Morgan fingerprint density at radius 3 is 2.74 bits per heavy atom. The van der Waals surface area contributed by atoms with Gasteiger partial charge < -0.3 is 9.73 Å². The molecule has 0 unspecified atom stereocenters. The minimum Gasteiger partial charge on any atom is -0.443 e. The second-order valence-electron chi connectivity index (χ2n) is 5.36. The number of benzene rings is 1. The Balaban J connectivity index is 2.28. The number of halogens is 2. The van der Waals surface area contributed by atoms with Gasteiger partial charge in [-0.25, -0.2) is 9.37 Å². The van der Waals surface area contributed by atoms with E-state index in [4.69, 9.17) is 16.0 Å². The molecule has 0 saturated carbocycles. The maximum absolute atomic E-state index is 13.1. The molecule has 1 heterocycles. The molecule has 0 aliphatic carbocycles. The number of aromatic nitrogens is 1. The van der Waals surface area contributed by atoms with E-state index < -0.39 is 0 Å². The molecule has 0 amide bonds. The Labute approximate surface area is 116 Å². The van der Waals surface area contributed by atoms with E-state index in [1.165, 1.54) is 18.5 Å². The highest BCUT2D eigenvalue weighted by Crippen LogP contribution is 2.30. The van der Waals surface area contributed by atoms with Crippen LogP contribution in [-0.2, 0) is 6.54 Å². The van der Waals surface area contributed by atoms with Crippen molar-refractivity contribution in [3.63, 3.8) is 0 Å². The highest BCUT2D eigenvalue weighted by Gasteiger charge is 2.16. The summed E-state index contributed by atoms with van der Waals surface area (Å²) >= 11 is 6.03. The summed E-state index contributed by atoms with van der Waals surface area (Å²) in [5.41, 5.74) is 1.37. The summed E-state index contributed by atoms with van der Waals surface area (Å²) in [7, 11) is 0. The van der Waals surface area contributed by atoms with Crippen LogP contribution in [0.1, 0.15) is 26.5 Å². The molecule has 102 valence electrons. The maximum Gasteiger partial charge on any atom is 0.181 e. The molecule has 0 saturated heterocycles. The van der Waals surface area contributed by atoms with Crippen molar-refractivity contribution in [1.29, 1.82) is 0 Å². The highest BCUT2D eigenvalue weighted by atomic mass is 35.5. The van der Waals surface area contributed by atoms with E-state index in [1.54, 1.807) is 6.07 Å². The van der Waals surface area contributed by atoms with Crippen LogP contribution in [0.25, 0.3) is 11.3 Å². The lowest BCUT2D eigenvalue weighted by Gasteiger charge is -2.19. The van der Waals surface area contributed by atoms with Gasteiger partial charge in [0.2, 0.25) is 0 Å². The molecule has 3 nitrogen and oxygen atoms in total. The minimum atomic E-state index is -0.373. The van der Waals surface area contributed by atoms with E-state index in [2.05, 4.69) is 31.1 Å². The van der Waals surface area contributed by atoms with Crippen LogP contribution >= 0.6 is 11.6 Å². The largest absolute Gasteiger partial charge is 0.443 e. The maximum atomic E-state index is 13.1. The van der Waals surface area contributed by atoms with Gasteiger partial charge in [0.05, 0.1) is 5.02 Å². The van der Waals surface area contributed by atoms with E-state index in [9.17, 15) is 4.39 Å². The van der Waals surface area contributed by atoms with E-state index in [1.807, 2.05) is 0 Å². The van der Waals surface area contributed by atoms with Crippen molar-refractivity contribution in [1.82, 2.24) is 10.3 Å². The van der Waals surface area contributed by atoms with E-state index in [0.29, 0.717) is 22.9 Å². The van der Waals surface area contributed by atoms with Crippen molar-refractivity contribution in [3.05, 3.63) is 41.1 Å². The average molecular weight is 283 g/mol. The topological polar surface area (TPSA) is 38.1 Å². The fraction of sp³-hybridized carbons (Fsp3) is 0.357. The number of hydrogen-bond acceptors (Lipinski definition) is 3. The van der Waals surface area contributed by atoms with Crippen molar-refractivity contribution >= 4 is 11.6 Å². The van der Waals surface area contributed by atoms with E-state index in [0.717, 1.165) is 5.69 Å². The molecule has 0 fully saturated rings. The van der Waals surface area contributed by atoms with Crippen molar-refractivity contribution in [2.24, 2.45) is 0 Å². The normalized spacial score (nSPS) is 11.8. The van der Waals surface area contributed by atoms with E-state index >= 15 is 0 Å². The summed E-state index contributed by atoms with van der Waals surface area (Å²) in [5, 5.41) is 3.64. The minimum absolute atomic E-state index is 0.0250. The van der Waals surface area contributed by atoms with Crippen LogP contribution in [0.2, 0.25) is 5.02 Å². The summed E-state index contributed by atoms with van der Waals surface area (Å²) in [5.74, 6) is 0.199. The standard InChI is InChI=1S/C14H16ClFN2O/c1-14(2,3)18-7-12-13(19-8-17-12)10-5-4-9(16)6-11(10)15/h4-6,8,18H,7H2,1-3H3. The average Bonchev–Trinajstić information content (AvgIpc) is 2.73. The quantitative estimate of drug-likeness (QED) is 0.924. The van der Waals surface area contributed by atoms with Gasteiger partial charge in [-0.1, -0.05) is 11.6 Å². The van der Waals surface area contributed by atoms with Gasteiger partial charge >= 0.3 is 0 Å². The molecule has 0 spiro atoms. The van der Waals surface area contributed by atoms with Crippen molar-refractivity contribution < 1.29 is 8.81 Å². The first-order valence-corrected chi connectivity index (χ1v) is 6.37. The Morgan fingerprint density at radius 1 is 1.37 bits per heavy atom. The third kappa shape index (κ3) is 3.55. The first kappa shape index (κ1) is 14.0. The smallest absolute Gasteiger partial charge is 0.181 e. The molecule has 0 aliphatic heterocycles. The predicted octanol–water partition coefficient (Wildman–Crippen LogP) is 4.02. The third-order valence-corrected chi connectivity index (χ3v) is 2.92. The summed E-state index contributed by atoms with van der Waals surface area (Å²) in [6, 6.07) is 4.21. The zero-order valence-electron chi connectivity index (χ0n) is 11.1. The molecule has 1 aromatic carbocycles. The fourth-order valence-electron chi connectivity index (χ4n) is 1.64. The van der Waals surface area contributed by atoms with Gasteiger partial charge in [-0.05, 0) is 39.0 Å². The Bertz CT molecular complexity index is 575. The van der Waals surface area contributed by atoms with Crippen LogP contribution in [0.4, 0.5) is 4.39 Å². The van der Waals surface area contributed by atoms with Crippen molar-refractivity contribution in [3.8, 4) is 11.3 Å². The number of hydrogen-bond donors (Lipinski definition) is 1. The Hall–Kier alpha value is -1.39. The molecular formula is C14H16ClFN2O. The first-order chi connectivity index (χ1) is 8.87.